The van der Waals surface area contributed by atoms with E-state index in [0.29, 0.717) is 0 Å². The van der Waals surface area contributed by atoms with E-state index in [4.69, 9.17) is 0 Å². The molecule has 0 aliphatic carbocycles. The monoisotopic (exact) mass is 206 g/mol. The Hall–Kier alpha value is -1.66. The van der Waals surface area contributed by atoms with Gasteiger partial charge in [-0.1, -0.05) is 0 Å². The minimum Gasteiger partial charge on any atom is -0.414 e. The number of halogens is 4. The number of pyridine rings is 1. The van der Waals surface area contributed by atoms with Gasteiger partial charge in [0.05, 0.1) is 6.20 Å². The lowest BCUT2D eigenvalue weighted by Crippen LogP contribution is -2.04. The zero-order valence-electron chi connectivity index (χ0n) is 6.47. The molecule has 0 N–H and O–H groups in total. The average Bonchev–Trinajstić information content (AvgIpc) is 2.45. The molecule has 14 heavy (non-hydrogen) atoms. The molecule has 0 atom stereocenters. The number of hydrogen-bond acceptors (Lipinski definition) is 3. The number of aromatic nitrogens is 2. The van der Waals surface area contributed by atoms with E-state index in [1.165, 1.54) is 0 Å². The molecule has 74 valence electrons. The Bertz CT molecular complexity index is 476. The number of nitrogens with zero attached hydrogens (tertiary/aromatic N) is 2. The summed E-state index contributed by atoms with van der Waals surface area (Å²) < 4.78 is 52.9. The van der Waals surface area contributed by atoms with Crippen LogP contribution in [0.4, 0.5) is 17.6 Å². The van der Waals surface area contributed by atoms with Gasteiger partial charge in [0.25, 0.3) is 0 Å². The Morgan fingerprint density at radius 3 is 2.64 bits per heavy atom. The lowest BCUT2D eigenvalue weighted by atomic mass is 10.4. The molecule has 0 unspecified atom stereocenters. The predicted octanol–water partition coefficient (Wildman–Crippen LogP) is 2.38. The van der Waals surface area contributed by atoms with E-state index < -0.39 is 17.9 Å². The summed E-state index contributed by atoms with van der Waals surface area (Å²) in [6, 6.07) is 0.821. The van der Waals surface area contributed by atoms with Crippen LogP contribution in [0.1, 0.15) is 5.89 Å². The number of fused-ring (bicyclic) bond motifs is 1. The van der Waals surface area contributed by atoms with Gasteiger partial charge in [-0.05, 0) is 0 Å². The third kappa shape index (κ3) is 1.40. The van der Waals surface area contributed by atoms with Crippen LogP contribution in [-0.4, -0.2) is 9.97 Å². The molecule has 0 amide bonds. The van der Waals surface area contributed by atoms with E-state index in [0.717, 1.165) is 12.3 Å². The van der Waals surface area contributed by atoms with Crippen LogP contribution in [0.2, 0.25) is 0 Å². The van der Waals surface area contributed by atoms with Gasteiger partial charge >= 0.3 is 12.1 Å². The summed E-state index contributed by atoms with van der Waals surface area (Å²) in [7, 11) is 0. The van der Waals surface area contributed by atoms with Crippen LogP contribution in [0.5, 0.6) is 0 Å². The van der Waals surface area contributed by atoms with Crippen LogP contribution >= 0.6 is 0 Å². The van der Waals surface area contributed by atoms with E-state index >= 15 is 0 Å². The van der Waals surface area contributed by atoms with Crippen molar-refractivity contribution in [3.05, 3.63) is 24.0 Å². The van der Waals surface area contributed by atoms with Crippen molar-refractivity contribution < 1.29 is 22.0 Å². The molecule has 3 nitrogen and oxygen atoms in total. The van der Waals surface area contributed by atoms with Gasteiger partial charge in [0.1, 0.15) is 11.3 Å². The molecular formula is C7H2F4N2O. The molecule has 0 saturated heterocycles. The minimum atomic E-state index is -4.68. The molecule has 0 radical (unpaired) electrons. The van der Waals surface area contributed by atoms with Gasteiger partial charge in [0, 0.05) is 6.07 Å². The lowest BCUT2D eigenvalue weighted by Gasteiger charge is -1.96. The summed E-state index contributed by atoms with van der Waals surface area (Å²) in [6.07, 6.45) is -3.93. The number of rotatable bonds is 0. The highest BCUT2D eigenvalue weighted by molar-refractivity contribution is 5.67. The van der Waals surface area contributed by atoms with E-state index in [1.807, 2.05) is 0 Å². The topological polar surface area (TPSA) is 38.9 Å². The molecule has 0 aliphatic rings. The molecule has 7 heteroatoms. The normalized spacial score (nSPS) is 12.3. The first-order valence-corrected chi connectivity index (χ1v) is 3.46. The maximum Gasteiger partial charge on any atom is 0.469 e. The first-order chi connectivity index (χ1) is 6.47. The molecule has 0 fully saturated rings. The second-order valence-corrected chi connectivity index (χ2v) is 2.49. The number of oxazole rings is 1. The highest BCUT2D eigenvalue weighted by atomic mass is 19.4. The van der Waals surface area contributed by atoms with Crippen molar-refractivity contribution in [2.24, 2.45) is 0 Å². The average molecular weight is 206 g/mol. The van der Waals surface area contributed by atoms with Crippen molar-refractivity contribution in [1.82, 2.24) is 9.97 Å². The maximum atomic E-state index is 12.5. The quantitative estimate of drug-likeness (QED) is 0.621. The molecular weight excluding hydrogens is 204 g/mol. The van der Waals surface area contributed by atoms with Gasteiger partial charge in [-0.15, -0.1) is 0 Å². The Balaban J connectivity index is 2.63. The fraction of sp³-hybridized carbons (Fsp3) is 0.143. The third-order valence-electron chi connectivity index (χ3n) is 1.46. The highest BCUT2D eigenvalue weighted by Gasteiger charge is 2.37. The van der Waals surface area contributed by atoms with Gasteiger partial charge in [0.15, 0.2) is 0 Å². The molecule has 2 heterocycles. The minimum absolute atomic E-state index is 0.252. The second kappa shape index (κ2) is 2.66. The zero-order valence-corrected chi connectivity index (χ0v) is 6.47. The molecule has 0 saturated carbocycles. The second-order valence-electron chi connectivity index (χ2n) is 2.49. The summed E-state index contributed by atoms with van der Waals surface area (Å²) in [5, 5.41) is 0. The predicted molar refractivity (Wildman–Crippen MR) is 36.8 cm³/mol. The Morgan fingerprint density at radius 2 is 2.00 bits per heavy atom. The number of hydrogen-bond donors (Lipinski definition) is 0. The van der Waals surface area contributed by atoms with Crippen LogP contribution in [0.25, 0.3) is 11.2 Å². The van der Waals surface area contributed by atoms with Crippen molar-refractivity contribution >= 4 is 11.2 Å². The van der Waals surface area contributed by atoms with Crippen LogP contribution in [-0.2, 0) is 6.18 Å². The van der Waals surface area contributed by atoms with Gasteiger partial charge in [0.2, 0.25) is 5.71 Å². The smallest absolute Gasteiger partial charge is 0.414 e. The molecule has 2 rings (SSSR count). The van der Waals surface area contributed by atoms with Crippen molar-refractivity contribution in [3.8, 4) is 0 Å². The van der Waals surface area contributed by atoms with Crippen LogP contribution in [0, 0.1) is 5.82 Å². The summed E-state index contributed by atoms with van der Waals surface area (Å²) >= 11 is 0. The van der Waals surface area contributed by atoms with Crippen LogP contribution in [0.3, 0.4) is 0 Å². The Labute approximate surface area is 74.4 Å². The molecule has 0 bridgehead atoms. The highest BCUT2D eigenvalue weighted by Crippen LogP contribution is 2.30. The van der Waals surface area contributed by atoms with E-state index in [1.54, 1.807) is 0 Å². The fourth-order valence-corrected chi connectivity index (χ4v) is 0.920. The molecule has 2 aromatic rings. The first kappa shape index (κ1) is 8.92. The molecule has 0 spiro atoms. The van der Waals surface area contributed by atoms with Gasteiger partial charge in [-0.2, -0.15) is 13.2 Å². The number of alkyl halides is 3. The van der Waals surface area contributed by atoms with Crippen molar-refractivity contribution in [1.29, 1.82) is 0 Å². The standard InChI is InChI=1S/C7H2F4N2O/c8-3-1-4-5(12-2-3)14-6(13-4)7(9,10)11/h1-2H. The molecule has 0 aliphatic heterocycles. The Kier molecular flexibility index (Phi) is 1.70. The van der Waals surface area contributed by atoms with Crippen molar-refractivity contribution in [3.63, 3.8) is 0 Å². The first-order valence-electron chi connectivity index (χ1n) is 3.46. The van der Waals surface area contributed by atoms with E-state index in [-0.39, 0.29) is 11.2 Å². The van der Waals surface area contributed by atoms with E-state index in [9.17, 15) is 17.6 Å². The van der Waals surface area contributed by atoms with Gasteiger partial charge < -0.3 is 4.42 Å². The van der Waals surface area contributed by atoms with Crippen molar-refractivity contribution in [2.45, 2.75) is 6.18 Å². The summed E-state index contributed by atoms with van der Waals surface area (Å²) in [5.74, 6) is -2.19. The van der Waals surface area contributed by atoms with Crippen LogP contribution < -0.4 is 0 Å². The SMILES string of the molecule is Fc1cnc2oc(C(F)(F)F)nc2c1. The van der Waals surface area contributed by atoms with Gasteiger partial charge in [-0.25, -0.2) is 14.4 Å². The Morgan fingerprint density at radius 1 is 1.29 bits per heavy atom. The third-order valence-corrected chi connectivity index (χ3v) is 1.46. The maximum absolute atomic E-state index is 12.5. The van der Waals surface area contributed by atoms with Crippen molar-refractivity contribution in [2.75, 3.05) is 0 Å². The molecule has 0 aromatic carbocycles. The van der Waals surface area contributed by atoms with Gasteiger partial charge in [-0.3, -0.25) is 0 Å². The van der Waals surface area contributed by atoms with E-state index in [2.05, 4.69) is 14.4 Å². The summed E-state index contributed by atoms with van der Waals surface area (Å²) in [5.41, 5.74) is -0.587. The lowest BCUT2D eigenvalue weighted by molar-refractivity contribution is -0.156. The molecule has 2 aromatic heterocycles. The van der Waals surface area contributed by atoms with Crippen LogP contribution in [0.15, 0.2) is 16.7 Å². The summed E-state index contributed by atoms with van der Waals surface area (Å²) in [6.45, 7) is 0. The summed E-state index contributed by atoms with van der Waals surface area (Å²) in [4.78, 5) is 6.36. The fourth-order valence-electron chi connectivity index (χ4n) is 0.920. The largest absolute Gasteiger partial charge is 0.469 e. The zero-order chi connectivity index (χ0) is 10.3.